The third-order valence-corrected chi connectivity index (χ3v) is 4.16. The van der Waals surface area contributed by atoms with Crippen molar-refractivity contribution in [3.8, 4) is 17.2 Å². The summed E-state index contributed by atoms with van der Waals surface area (Å²) >= 11 is 0. The van der Waals surface area contributed by atoms with Crippen LogP contribution in [0.3, 0.4) is 0 Å². The molecule has 3 rings (SSSR count). The van der Waals surface area contributed by atoms with Crippen molar-refractivity contribution in [2.24, 2.45) is 0 Å². The van der Waals surface area contributed by atoms with Gasteiger partial charge in [0.05, 0.1) is 18.4 Å². The molecule has 0 atom stereocenters. The molecule has 1 aliphatic heterocycles. The molecule has 0 saturated heterocycles. The van der Waals surface area contributed by atoms with E-state index in [0.29, 0.717) is 36.0 Å². The van der Waals surface area contributed by atoms with E-state index in [-0.39, 0.29) is 11.3 Å². The zero-order chi connectivity index (χ0) is 22.4. The molecular weight excluding hydrogens is 417 g/mol. The van der Waals surface area contributed by atoms with Crippen LogP contribution in [-0.4, -0.2) is 44.9 Å². The molecule has 0 fully saturated rings. The van der Waals surface area contributed by atoms with Gasteiger partial charge >= 0.3 is 6.18 Å². The molecule has 7 nitrogen and oxygen atoms in total. The molecule has 2 aromatic carbocycles. The number of fused-ring (bicyclic) bond motifs is 1. The molecule has 1 heterocycles. The molecule has 2 N–H and O–H groups in total. The van der Waals surface area contributed by atoms with E-state index in [0.717, 1.165) is 0 Å². The van der Waals surface area contributed by atoms with Gasteiger partial charge < -0.3 is 24.8 Å². The number of hydrogen-bond acceptors (Lipinski definition) is 5. The average molecular weight is 436 g/mol. The maximum absolute atomic E-state index is 12.3. The Kier molecular flexibility index (Phi) is 6.68. The first-order chi connectivity index (χ1) is 14.8. The highest BCUT2D eigenvalue weighted by Crippen LogP contribution is 2.40. The first kappa shape index (κ1) is 22.0. The summed E-state index contributed by atoms with van der Waals surface area (Å²) < 4.78 is 53.4. The number of nitrogens with one attached hydrogen (secondary N) is 2. The molecule has 0 saturated carbocycles. The van der Waals surface area contributed by atoms with E-state index in [1.165, 1.54) is 37.5 Å². The van der Waals surface area contributed by atoms with Crippen molar-refractivity contribution in [1.29, 1.82) is 0 Å². The fourth-order valence-corrected chi connectivity index (χ4v) is 2.80. The highest BCUT2D eigenvalue weighted by Gasteiger charge is 2.28. The van der Waals surface area contributed by atoms with E-state index < -0.39 is 24.5 Å². The van der Waals surface area contributed by atoms with Gasteiger partial charge in [0.25, 0.3) is 5.91 Å². The standard InChI is InChI=1S/C21H19F3N2O5/c1-29-16-10-13(11-17-19(16)31-9-8-30-17)6-7-18(27)26-15-5-3-2-4-14(15)20(28)25-12-21(22,23)24/h2-7,10-11H,8-9,12H2,1H3,(H,25,28)(H,26,27)/b7-6+. The quantitative estimate of drug-likeness (QED) is 0.678. The van der Waals surface area contributed by atoms with Gasteiger partial charge in [-0.15, -0.1) is 0 Å². The molecule has 0 spiro atoms. The van der Waals surface area contributed by atoms with Gasteiger partial charge in [0.15, 0.2) is 11.5 Å². The van der Waals surface area contributed by atoms with Gasteiger partial charge in [0.1, 0.15) is 19.8 Å². The van der Waals surface area contributed by atoms with Crippen LogP contribution in [0.5, 0.6) is 17.2 Å². The van der Waals surface area contributed by atoms with Crippen LogP contribution in [0.2, 0.25) is 0 Å². The van der Waals surface area contributed by atoms with E-state index in [2.05, 4.69) is 5.32 Å². The summed E-state index contributed by atoms with van der Waals surface area (Å²) in [5, 5.41) is 4.27. The van der Waals surface area contributed by atoms with Crippen LogP contribution in [0.1, 0.15) is 15.9 Å². The Balaban J connectivity index is 1.72. The number of amides is 2. The summed E-state index contributed by atoms with van der Waals surface area (Å²) in [6.07, 6.45) is -1.82. The van der Waals surface area contributed by atoms with Crippen LogP contribution in [-0.2, 0) is 4.79 Å². The van der Waals surface area contributed by atoms with Crippen LogP contribution in [0.25, 0.3) is 6.08 Å². The Morgan fingerprint density at radius 2 is 1.90 bits per heavy atom. The van der Waals surface area contributed by atoms with Crippen molar-refractivity contribution < 1.29 is 37.0 Å². The van der Waals surface area contributed by atoms with E-state index in [1.54, 1.807) is 23.5 Å². The minimum Gasteiger partial charge on any atom is -0.493 e. The number of methoxy groups -OCH3 is 1. The zero-order valence-corrected chi connectivity index (χ0v) is 16.4. The lowest BCUT2D eigenvalue weighted by molar-refractivity contribution is -0.123. The van der Waals surface area contributed by atoms with Crippen LogP contribution in [0.15, 0.2) is 42.5 Å². The number of anilines is 1. The fourth-order valence-electron chi connectivity index (χ4n) is 2.80. The van der Waals surface area contributed by atoms with Crippen LogP contribution < -0.4 is 24.8 Å². The molecule has 2 amide bonds. The lowest BCUT2D eigenvalue weighted by Gasteiger charge is -2.20. The second-order valence-corrected chi connectivity index (χ2v) is 6.41. The van der Waals surface area contributed by atoms with Gasteiger partial charge in [-0.1, -0.05) is 12.1 Å². The highest BCUT2D eigenvalue weighted by molar-refractivity contribution is 6.07. The number of halogens is 3. The van der Waals surface area contributed by atoms with Crippen molar-refractivity contribution in [2.45, 2.75) is 6.18 Å². The Hall–Kier alpha value is -3.69. The maximum atomic E-state index is 12.3. The lowest BCUT2D eigenvalue weighted by Crippen LogP contribution is -2.34. The molecule has 164 valence electrons. The van der Waals surface area contributed by atoms with Crippen molar-refractivity contribution in [3.63, 3.8) is 0 Å². The summed E-state index contributed by atoms with van der Waals surface area (Å²) in [6, 6.07) is 9.11. The van der Waals surface area contributed by atoms with Crippen molar-refractivity contribution in [1.82, 2.24) is 5.32 Å². The predicted molar refractivity (Wildman–Crippen MR) is 106 cm³/mol. The summed E-state index contributed by atoms with van der Waals surface area (Å²) in [6.45, 7) is -0.687. The van der Waals surface area contributed by atoms with E-state index in [4.69, 9.17) is 14.2 Å². The second-order valence-electron chi connectivity index (χ2n) is 6.41. The van der Waals surface area contributed by atoms with Crippen molar-refractivity contribution in [3.05, 3.63) is 53.6 Å². The normalized spacial score (nSPS) is 13.0. The van der Waals surface area contributed by atoms with Gasteiger partial charge in [-0.25, -0.2) is 0 Å². The number of para-hydroxylation sites is 1. The molecule has 2 aromatic rings. The number of carbonyl (C=O) groups is 2. The SMILES string of the molecule is COc1cc(/C=C/C(=O)Nc2ccccc2C(=O)NCC(F)(F)F)cc2c1OCCO2. The van der Waals surface area contributed by atoms with Gasteiger partial charge in [-0.05, 0) is 35.9 Å². The van der Waals surface area contributed by atoms with Gasteiger partial charge in [0.2, 0.25) is 11.7 Å². The Bertz CT molecular complexity index is 988. The highest BCUT2D eigenvalue weighted by atomic mass is 19.4. The summed E-state index contributed by atoms with van der Waals surface area (Å²) in [5.74, 6) is -0.117. The molecule has 1 aliphatic rings. The van der Waals surface area contributed by atoms with Crippen LogP contribution in [0, 0.1) is 0 Å². The van der Waals surface area contributed by atoms with Crippen molar-refractivity contribution in [2.75, 3.05) is 32.2 Å². The molecule has 0 aromatic heterocycles. The smallest absolute Gasteiger partial charge is 0.405 e. The van der Waals surface area contributed by atoms with Crippen LogP contribution in [0.4, 0.5) is 18.9 Å². The topological polar surface area (TPSA) is 85.9 Å². The number of alkyl halides is 3. The van der Waals surface area contributed by atoms with Gasteiger partial charge in [-0.2, -0.15) is 13.2 Å². The van der Waals surface area contributed by atoms with Crippen molar-refractivity contribution >= 4 is 23.6 Å². The van der Waals surface area contributed by atoms with E-state index in [9.17, 15) is 22.8 Å². The second kappa shape index (κ2) is 9.41. The first-order valence-electron chi connectivity index (χ1n) is 9.17. The van der Waals surface area contributed by atoms with E-state index >= 15 is 0 Å². The minimum atomic E-state index is -4.54. The number of rotatable bonds is 6. The summed E-state index contributed by atoms with van der Waals surface area (Å²) in [4.78, 5) is 24.4. The fraction of sp³-hybridized carbons (Fsp3) is 0.238. The van der Waals surface area contributed by atoms with Gasteiger partial charge in [0, 0.05) is 6.08 Å². The molecular formula is C21H19F3N2O5. The molecule has 10 heteroatoms. The largest absolute Gasteiger partial charge is 0.493 e. The first-order valence-corrected chi connectivity index (χ1v) is 9.17. The number of benzene rings is 2. The number of hydrogen-bond donors (Lipinski definition) is 2. The number of ether oxygens (including phenoxy) is 3. The number of carbonyl (C=O) groups excluding carboxylic acids is 2. The van der Waals surface area contributed by atoms with Crippen LogP contribution >= 0.6 is 0 Å². The average Bonchev–Trinajstić information content (AvgIpc) is 2.75. The molecule has 0 radical (unpaired) electrons. The molecule has 31 heavy (non-hydrogen) atoms. The van der Waals surface area contributed by atoms with E-state index in [1.807, 2.05) is 0 Å². The summed E-state index contributed by atoms with van der Waals surface area (Å²) in [5.41, 5.74) is 0.596. The molecule has 0 aliphatic carbocycles. The minimum absolute atomic E-state index is 0.0802. The Morgan fingerprint density at radius 3 is 2.65 bits per heavy atom. The lowest BCUT2D eigenvalue weighted by atomic mass is 10.1. The molecule has 0 unspecified atom stereocenters. The third kappa shape index (κ3) is 5.91. The zero-order valence-electron chi connectivity index (χ0n) is 16.4. The Morgan fingerprint density at radius 1 is 1.16 bits per heavy atom. The van der Waals surface area contributed by atoms with Gasteiger partial charge in [-0.3, -0.25) is 9.59 Å². The Labute approximate surface area is 175 Å². The maximum Gasteiger partial charge on any atom is 0.405 e. The summed E-state index contributed by atoms with van der Waals surface area (Å²) in [7, 11) is 1.48. The molecule has 0 bridgehead atoms. The monoisotopic (exact) mass is 436 g/mol. The predicted octanol–water partition coefficient (Wildman–Crippen LogP) is 3.41. The third-order valence-electron chi connectivity index (χ3n) is 4.16.